The fourth-order valence-corrected chi connectivity index (χ4v) is 2.61. The highest BCUT2D eigenvalue weighted by molar-refractivity contribution is 5.79. The summed E-state index contributed by atoms with van der Waals surface area (Å²) in [7, 11) is 1.87. The van der Waals surface area contributed by atoms with Gasteiger partial charge in [0, 0.05) is 25.4 Å². The van der Waals surface area contributed by atoms with Gasteiger partial charge in [-0.05, 0) is 52.4 Å². The van der Waals surface area contributed by atoms with E-state index >= 15 is 0 Å². The molecule has 0 aromatic heterocycles. The fraction of sp³-hybridized carbons (Fsp3) is 0.867. The number of hydrogen-bond acceptors (Lipinski definition) is 3. The van der Waals surface area contributed by atoms with Gasteiger partial charge in [-0.2, -0.15) is 0 Å². The first-order valence-electron chi connectivity index (χ1n) is 7.38. The van der Waals surface area contributed by atoms with Crippen LogP contribution in [-0.4, -0.2) is 36.5 Å². The fourth-order valence-electron chi connectivity index (χ4n) is 2.61. The molecule has 1 aliphatic rings. The minimum Gasteiger partial charge on any atom is -0.466 e. The molecule has 0 aromatic carbocycles. The summed E-state index contributed by atoms with van der Waals surface area (Å²) in [6.45, 7) is 6.34. The van der Waals surface area contributed by atoms with E-state index in [-0.39, 0.29) is 23.8 Å². The Balaban J connectivity index is 2.36. The molecular formula is C15H27NO3. The van der Waals surface area contributed by atoms with Crippen molar-refractivity contribution in [2.75, 3.05) is 13.7 Å². The Morgan fingerprint density at radius 3 is 2.26 bits per heavy atom. The molecule has 0 saturated heterocycles. The molecule has 110 valence electrons. The monoisotopic (exact) mass is 269 g/mol. The van der Waals surface area contributed by atoms with Crippen LogP contribution in [0.5, 0.6) is 0 Å². The van der Waals surface area contributed by atoms with Crippen molar-refractivity contribution in [3.63, 3.8) is 0 Å². The van der Waals surface area contributed by atoms with Crippen LogP contribution in [0.25, 0.3) is 0 Å². The molecule has 0 spiro atoms. The van der Waals surface area contributed by atoms with Crippen molar-refractivity contribution < 1.29 is 14.3 Å². The van der Waals surface area contributed by atoms with Crippen LogP contribution in [0.15, 0.2) is 0 Å². The van der Waals surface area contributed by atoms with E-state index in [0.717, 1.165) is 25.7 Å². The second-order valence-corrected chi connectivity index (χ2v) is 5.77. The predicted molar refractivity (Wildman–Crippen MR) is 74.6 cm³/mol. The van der Waals surface area contributed by atoms with E-state index in [1.54, 1.807) is 0 Å². The Morgan fingerprint density at radius 2 is 1.79 bits per heavy atom. The van der Waals surface area contributed by atoms with E-state index in [1.807, 2.05) is 32.7 Å². The van der Waals surface area contributed by atoms with Crippen LogP contribution in [0.4, 0.5) is 0 Å². The Labute approximate surface area is 116 Å². The first kappa shape index (κ1) is 16.0. The minimum atomic E-state index is -0.100. The molecule has 4 nitrogen and oxygen atoms in total. The molecule has 0 radical (unpaired) electrons. The second-order valence-electron chi connectivity index (χ2n) is 5.77. The second kappa shape index (κ2) is 7.51. The van der Waals surface area contributed by atoms with Gasteiger partial charge < -0.3 is 9.64 Å². The van der Waals surface area contributed by atoms with E-state index in [4.69, 9.17) is 4.74 Å². The molecule has 0 aliphatic heterocycles. The van der Waals surface area contributed by atoms with Crippen LogP contribution >= 0.6 is 0 Å². The summed E-state index contributed by atoms with van der Waals surface area (Å²) < 4.78 is 4.97. The lowest BCUT2D eigenvalue weighted by atomic mass is 9.80. The molecule has 1 fully saturated rings. The van der Waals surface area contributed by atoms with Crippen LogP contribution < -0.4 is 0 Å². The third kappa shape index (κ3) is 4.84. The molecule has 0 atom stereocenters. The minimum absolute atomic E-state index is 0.100. The van der Waals surface area contributed by atoms with Crippen LogP contribution in [-0.2, 0) is 14.3 Å². The Bertz CT molecular complexity index is 307. The summed E-state index contributed by atoms with van der Waals surface area (Å²) in [5.41, 5.74) is 0. The summed E-state index contributed by atoms with van der Waals surface area (Å²) >= 11 is 0. The summed E-state index contributed by atoms with van der Waals surface area (Å²) in [5.74, 6) is 0.694. The normalized spacial score (nSPS) is 23.2. The average molecular weight is 269 g/mol. The Kier molecular flexibility index (Phi) is 6.32. The van der Waals surface area contributed by atoms with Crippen LogP contribution in [0.2, 0.25) is 0 Å². The van der Waals surface area contributed by atoms with Crippen molar-refractivity contribution in [2.24, 2.45) is 11.8 Å². The van der Waals surface area contributed by atoms with Crippen molar-refractivity contribution in [3.05, 3.63) is 0 Å². The number of rotatable bonds is 5. The lowest BCUT2D eigenvalue weighted by molar-refractivity contribution is -0.144. The maximum absolute atomic E-state index is 12.2. The summed E-state index contributed by atoms with van der Waals surface area (Å²) in [5, 5.41) is 0. The van der Waals surface area contributed by atoms with Gasteiger partial charge in [0.15, 0.2) is 0 Å². The van der Waals surface area contributed by atoms with E-state index in [9.17, 15) is 9.59 Å². The zero-order valence-corrected chi connectivity index (χ0v) is 12.6. The highest BCUT2D eigenvalue weighted by Crippen LogP contribution is 2.32. The van der Waals surface area contributed by atoms with E-state index < -0.39 is 0 Å². The predicted octanol–water partition coefficient (Wildman–Crippen LogP) is 2.61. The van der Waals surface area contributed by atoms with E-state index in [1.165, 1.54) is 0 Å². The molecule has 4 heteroatoms. The van der Waals surface area contributed by atoms with Gasteiger partial charge in [0.1, 0.15) is 0 Å². The third-order valence-corrected chi connectivity index (χ3v) is 4.08. The van der Waals surface area contributed by atoms with Crippen molar-refractivity contribution in [2.45, 2.75) is 58.9 Å². The molecule has 1 amide bonds. The van der Waals surface area contributed by atoms with Gasteiger partial charge in [-0.1, -0.05) is 0 Å². The molecule has 0 N–H and O–H groups in total. The van der Waals surface area contributed by atoms with Crippen LogP contribution in [0.1, 0.15) is 52.9 Å². The molecule has 0 unspecified atom stereocenters. The topological polar surface area (TPSA) is 46.6 Å². The SMILES string of the molecule is CCOC(=O)CC1CCC(C(=O)N(C)C(C)C)CC1. The number of nitrogens with zero attached hydrogens (tertiary/aromatic N) is 1. The number of ether oxygens (including phenoxy) is 1. The average Bonchev–Trinajstić information content (AvgIpc) is 2.38. The summed E-state index contributed by atoms with van der Waals surface area (Å²) in [6.07, 6.45) is 4.23. The van der Waals surface area contributed by atoms with Crippen molar-refractivity contribution >= 4 is 11.9 Å². The highest BCUT2D eigenvalue weighted by Gasteiger charge is 2.29. The number of hydrogen-bond donors (Lipinski definition) is 0. The lowest BCUT2D eigenvalue weighted by Crippen LogP contribution is -2.39. The molecule has 0 bridgehead atoms. The van der Waals surface area contributed by atoms with Gasteiger partial charge in [0.05, 0.1) is 6.61 Å². The zero-order valence-electron chi connectivity index (χ0n) is 12.6. The smallest absolute Gasteiger partial charge is 0.306 e. The summed E-state index contributed by atoms with van der Waals surface area (Å²) in [6, 6.07) is 0.254. The Hall–Kier alpha value is -1.06. The van der Waals surface area contributed by atoms with Crippen molar-refractivity contribution in [1.29, 1.82) is 0 Å². The van der Waals surface area contributed by atoms with Gasteiger partial charge in [-0.25, -0.2) is 0 Å². The third-order valence-electron chi connectivity index (χ3n) is 4.08. The molecule has 1 saturated carbocycles. The largest absolute Gasteiger partial charge is 0.466 e. The molecule has 0 heterocycles. The quantitative estimate of drug-likeness (QED) is 0.721. The van der Waals surface area contributed by atoms with Gasteiger partial charge in [-0.3, -0.25) is 9.59 Å². The van der Waals surface area contributed by atoms with Gasteiger partial charge in [0.2, 0.25) is 5.91 Å². The van der Waals surface area contributed by atoms with Crippen LogP contribution in [0, 0.1) is 11.8 Å². The Morgan fingerprint density at radius 1 is 1.21 bits per heavy atom. The van der Waals surface area contributed by atoms with Gasteiger partial charge in [0.25, 0.3) is 0 Å². The molecule has 1 rings (SSSR count). The zero-order chi connectivity index (χ0) is 14.4. The number of esters is 1. The highest BCUT2D eigenvalue weighted by atomic mass is 16.5. The molecule has 0 aromatic rings. The number of carbonyl (C=O) groups excluding carboxylic acids is 2. The molecular weight excluding hydrogens is 242 g/mol. The maximum atomic E-state index is 12.2. The number of amides is 1. The van der Waals surface area contributed by atoms with Gasteiger partial charge >= 0.3 is 5.97 Å². The molecule has 1 aliphatic carbocycles. The first-order chi connectivity index (χ1) is 8.95. The number of carbonyl (C=O) groups is 2. The lowest BCUT2D eigenvalue weighted by Gasteiger charge is -2.31. The standard InChI is InChI=1S/C15H27NO3/c1-5-19-14(17)10-12-6-8-13(9-7-12)15(18)16(4)11(2)3/h11-13H,5-10H2,1-4H3. The maximum Gasteiger partial charge on any atom is 0.306 e. The molecule has 19 heavy (non-hydrogen) atoms. The first-order valence-corrected chi connectivity index (χ1v) is 7.38. The van der Waals surface area contributed by atoms with Crippen molar-refractivity contribution in [3.8, 4) is 0 Å². The van der Waals surface area contributed by atoms with Gasteiger partial charge in [-0.15, -0.1) is 0 Å². The van der Waals surface area contributed by atoms with Crippen molar-refractivity contribution in [1.82, 2.24) is 4.90 Å². The van der Waals surface area contributed by atoms with E-state index in [2.05, 4.69) is 0 Å². The summed E-state index contributed by atoms with van der Waals surface area (Å²) in [4.78, 5) is 25.5. The van der Waals surface area contributed by atoms with E-state index in [0.29, 0.717) is 18.9 Å². The van der Waals surface area contributed by atoms with Crippen LogP contribution in [0.3, 0.4) is 0 Å².